The van der Waals surface area contributed by atoms with E-state index in [1.54, 1.807) is 4.90 Å². The number of amides is 1. The Kier molecular flexibility index (Phi) is 3.86. The van der Waals surface area contributed by atoms with E-state index in [4.69, 9.17) is 11.6 Å². The van der Waals surface area contributed by atoms with Gasteiger partial charge >= 0.3 is 0 Å². The van der Waals surface area contributed by atoms with Gasteiger partial charge in [-0.05, 0) is 11.8 Å². The highest BCUT2D eigenvalue weighted by Crippen LogP contribution is 2.23. The fraction of sp³-hybridized carbons (Fsp3) is 0.167. The summed E-state index contributed by atoms with van der Waals surface area (Å²) in [4.78, 5) is 17.8. The van der Waals surface area contributed by atoms with Crippen molar-refractivity contribution in [1.82, 2.24) is 4.90 Å². The summed E-state index contributed by atoms with van der Waals surface area (Å²) < 4.78 is 0. The molecule has 1 aliphatic rings. The Morgan fingerprint density at radius 1 is 1.41 bits per heavy atom. The van der Waals surface area contributed by atoms with E-state index in [1.807, 2.05) is 36.6 Å². The van der Waals surface area contributed by atoms with E-state index >= 15 is 0 Å². The van der Waals surface area contributed by atoms with Gasteiger partial charge in [0.25, 0.3) is 5.91 Å². The molecule has 1 heterocycles. The zero-order chi connectivity index (χ0) is 12.3. The molecule has 1 amide bonds. The maximum Gasteiger partial charge on any atom is 0.279 e. The highest BCUT2D eigenvalue weighted by atomic mass is 35.5. The lowest BCUT2D eigenvalue weighted by molar-refractivity contribution is -0.123. The van der Waals surface area contributed by atoms with Crippen LogP contribution >= 0.6 is 23.4 Å². The highest BCUT2D eigenvalue weighted by molar-refractivity contribution is 8.13. The van der Waals surface area contributed by atoms with Crippen LogP contribution in [-0.2, 0) is 11.3 Å². The zero-order valence-corrected chi connectivity index (χ0v) is 10.8. The second-order valence-electron chi connectivity index (χ2n) is 3.47. The number of benzene rings is 1. The van der Waals surface area contributed by atoms with Gasteiger partial charge in [0.05, 0.1) is 6.54 Å². The van der Waals surface area contributed by atoms with Gasteiger partial charge in [-0.15, -0.1) is 0 Å². The summed E-state index contributed by atoms with van der Waals surface area (Å²) in [6.45, 7) is 0.521. The first kappa shape index (κ1) is 12.2. The highest BCUT2D eigenvalue weighted by Gasteiger charge is 2.29. The molecule has 2 rings (SSSR count). The largest absolute Gasteiger partial charge is 0.281 e. The molecule has 0 saturated heterocycles. The lowest BCUT2D eigenvalue weighted by atomic mass is 10.2. The predicted molar refractivity (Wildman–Crippen MR) is 71.9 cm³/mol. The van der Waals surface area contributed by atoms with Gasteiger partial charge in [0.1, 0.15) is 5.70 Å². The molecule has 0 aliphatic carbocycles. The second-order valence-corrected chi connectivity index (χ2v) is 4.46. The Balaban J connectivity index is 2.22. The number of hydrogen-bond acceptors (Lipinski definition) is 3. The molecule has 0 aromatic heterocycles. The van der Waals surface area contributed by atoms with Crippen molar-refractivity contribution in [2.75, 3.05) is 6.26 Å². The van der Waals surface area contributed by atoms with Gasteiger partial charge < -0.3 is 0 Å². The molecule has 1 aliphatic heterocycles. The van der Waals surface area contributed by atoms with Gasteiger partial charge in [0.15, 0.2) is 5.17 Å². The average Bonchev–Trinajstić information content (AvgIpc) is 2.68. The first-order chi connectivity index (χ1) is 8.26. The number of hydrogen-bond donors (Lipinski definition) is 0. The van der Waals surface area contributed by atoms with Crippen molar-refractivity contribution in [3.05, 3.63) is 47.1 Å². The minimum absolute atomic E-state index is 0.145. The van der Waals surface area contributed by atoms with E-state index in [-0.39, 0.29) is 5.91 Å². The smallest absolute Gasteiger partial charge is 0.279 e. The molecule has 0 unspecified atom stereocenters. The standard InChI is InChI=1S/C12H11ClN2OS/c1-17-12-14-10(7-13)11(16)15(12)8-9-5-3-2-4-6-9/h2-7H,8H2,1H3/b10-7-. The van der Waals surface area contributed by atoms with Crippen LogP contribution in [0.1, 0.15) is 5.56 Å². The lowest BCUT2D eigenvalue weighted by Crippen LogP contribution is -2.29. The van der Waals surface area contributed by atoms with Crippen LogP contribution in [0.3, 0.4) is 0 Å². The van der Waals surface area contributed by atoms with Gasteiger partial charge in [0, 0.05) is 5.54 Å². The van der Waals surface area contributed by atoms with Crippen molar-refractivity contribution in [1.29, 1.82) is 0 Å². The number of halogens is 1. The second kappa shape index (κ2) is 5.38. The Labute approximate surface area is 109 Å². The molecular weight excluding hydrogens is 256 g/mol. The molecular formula is C12H11ClN2OS. The summed E-state index contributed by atoms with van der Waals surface area (Å²) in [7, 11) is 0. The van der Waals surface area contributed by atoms with E-state index in [1.165, 1.54) is 17.3 Å². The van der Waals surface area contributed by atoms with E-state index in [0.717, 1.165) is 5.56 Å². The molecule has 3 nitrogen and oxygen atoms in total. The number of aliphatic imine (C=N–C) groups is 1. The number of carbonyl (C=O) groups is 1. The first-order valence-electron chi connectivity index (χ1n) is 5.05. The van der Waals surface area contributed by atoms with Crippen molar-refractivity contribution in [2.45, 2.75) is 6.54 Å². The van der Waals surface area contributed by atoms with Crippen LogP contribution < -0.4 is 0 Å². The Morgan fingerprint density at radius 2 is 2.12 bits per heavy atom. The SMILES string of the molecule is CSC1=N/C(=C\Cl)C(=O)N1Cc1ccccc1. The molecule has 0 spiro atoms. The van der Waals surface area contributed by atoms with Gasteiger partial charge in [0.2, 0.25) is 0 Å². The van der Waals surface area contributed by atoms with E-state index in [2.05, 4.69) is 4.99 Å². The van der Waals surface area contributed by atoms with Crippen molar-refractivity contribution in [3.63, 3.8) is 0 Å². The van der Waals surface area contributed by atoms with Gasteiger partial charge in [-0.1, -0.05) is 53.7 Å². The van der Waals surface area contributed by atoms with Crippen LogP contribution in [0.5, 0.6) is 0 Å². The van der Waals surface area contributed by atoms with Crippen molar-refractivity contribution in [2.24, 2.45) is 4.99 Å². The van der Waals surface area contributed by atoms with Crippen LogP contribution in [0.2, 0.25) is 0 Å². The average molecular weight is 267 g/mol. The number of amidine groups is 1. The number of rotatable bonds is 2. The third kappa shape index (κ3) is 2.53. The number of carbonyl (C=O) groups excluding carboxylic acids is 1. The molecule has 0 N–H and O–H groups in total. The summed E-state index contributed by atoms with van der Waals surface area (Å²) in [6.07, 6.45) is 1.89. The van der Waals surface area contributed by atoms with Crippen LogP contribution in [0.25, 0.3) is 0 Å². The summed E-state index contributed by atoms with van der Waals surface area (Å²) in [6, 6.07) is 9.80. The molecule has 0 bridgehead atoms. The van der Waals surface area contributed by atoms with Crippen molar-refractivity contribution < 1.29 is 4.79 Å². The quantitative estimate of drug-likeness (QED) is 0.771. The molecule has 1 aromatic carbocycles. The van der Waals surface area contributed by atoms with Gasteiger partial charge in [-0.2, -0.15) is 0 Å². The summed E-state index contributed by atoms with van der Waals surface area (Å²) in [5.74, 6) is -0.145. The van der Waals surface area contributed by atoms with E-state index in [9.17, 15) is 4.79 Å². The normalized spacial score (nSPS) is 17.8. The van der Waals surface area contributed by atoms with Crippen LogP contribution in [-0.4, -0.2) is 22.2 Å². The molecule has 0 saturated carbocycles. The van der Waals surface area contributed by atoms with Crippen LogP contribution in [0.4, 0.5) is 0 Å². The molecule has 0 radical (unpaired) electrons. The monoisotopic (exact) mass is 266 g/mol. The predicted octanol–water partition coefficient (Wildman–Crippen LogP) is 2.83. The van der Waals surface area contributed by atoms with E-state index < -0.39 is 0 Å². The van der Waals surface area contributed by atoms with Crippen LogP contribution in [0.15, 0.2) is 46.6 Å². The Hall–Kier alpha value is -1.26. The minimum Gasteiger partial charge on any atom is -0.281 e. The molecule has 0 fully saturated rings. The van der Waals surface area contributed by atoms with Gasteiger partial charge in [-0.25, -0.2) is 4.99 Å². The number of thioether (sulfide) groups is 1. The lowest BCUT2D eigenvalue weighted by Gasteiger charge is -2.16. The third-order valence-corrected chi connectivity index (χ3v) is 3.26. The maximum atomic E-state index is 12.0. The molecule has 1 aromatic rings. The van der Waals surface area contributed by atoms with Gasteiger partial charge in [-0.3, -0.25) is 9.69 Å². The molecule has 5 heteroatoms. The molecule has 17 heavy (non-hydrogen) atoms. The summed E-state index contributed by atoms with van der Waals surface area (Å²) >= 11 is 7.01. The van der Waals surface area contributed by atoms with E-state index in [0.29, 0.717) is 17.4 Å². The third-order valence-electron chi connectivity index (χ3n) is 2.38. The fourth-order valence-electron chi connectivity index (χ4n) is 1.57. The summed E-state index contributed by atoms with van der Waals surface area (Å²) in [5, 5.41) is 0.686. The maximum absolute atomic E-state index is 12.0. The van der Waals surface area contributed by atoms with Crippen LogP contribution in [0, 0.1) is 0 Å². The molecule has 0 atom stereocenters. The number of nitrogens with zero attached hydrogens (tertiary/aromatic N) is 2. The van der Waals surface area contributed by atoms with Crippen molar-refractivity contribution >= 4 is 34.4 Å². The summed E-state index contributed by atoms with van der Waals surface area (Å²) in [5.41, 5.74) is 2.59. The molecule has 88 valence electrons. The Morgan fingerprint density at radius 3 is 2.71 bits per heavy atom. The first-order valence-corrected chi connectivity index (χ1v) is 6.71. The minimum atomic E-state index is -0.145. The van der Waals surface area contributed by atoms with Crippen molar-refractivity contribution in [3.8, 4) is 0 Å². The Bertz CT molecular complexity index is 485. The fourth-order valence-corrected chi connectivity index (χ4v) is 2.27. The zero-order valence-electron chi connectivity index (χ0n) is 9.26. The topological polar surface area (TPSA) is 32.7 Å².